The molecule has 1 aromatic heterocycles. The first-order valence-electron chi connectivity index (χ1n) is 4.82. The molecule has 0 aliphatic rings. The van der Waals surface area contributed by atoms with Gasteiger partial charge < -0.3 is 16.2 Å². The Bertz CT molecular complexity index is 321. The van der Waals surface area contributed by atoms with Crippen molar-refractivity contribution >= 4 is 11.8 Å². The van der Waals surface area contributed by atoms with E-state index in [-0.39, 0.29) is 24.4 Å². The molecule has 1 heterocycles. The Morgan fingerprint density at radius 2 is 2.40 bits per heavy atom. The van der Waals surface area contributed by atoms with Gasteiger partial charge in [-0.25, -0.2) is 9.37 Å². The predicted molar refractivity (Wildman–Crippen MR) is 55.8 cm³/mol. The van der Waals surface area contributed by atoms with Crippen LogP contribution in [0.3, 0.4) is 0 Å². The number of halogens is 1. The Morgan fingerprint density at radius 1 is 1.67 bits per heavy atom. The van der Waals surface area contributed by atoms with E-state index in [1.807, 2.05) is 6.92 Å². The molecule has 0 spiro atoms. The molecule has 0 aromatic carbocycles. The third-order valence-electron chi connectivity index (χ3n) is 2.07. The number of aliphatic hydroxyl groups excluding tert-OH is 1. The molecule has 1 aromatic rings. The van der Waals surface area contributed by atoms with E-state index < -0.39 is 5.82 Å². The second kappa shape index (κ2) is 5.45. The zero-order valence-corrected chi connectivity index (χ0v) is 8.57. The van der Waals surface area contributed by atoms with Crippen LogP contribution in [-0.4, -0.2) is 27.7 Å². The maximum atomic E-state index is 13.2. The minimum Gasteiger partial charge on any atom is -0.396 e. The molecule has 0 aliphatic carbocycles. The normalized spacial score (nSPS) is 12.5. The van der Waals surface area contributed by atoms with Gasteiger partial charge in [0.1, 0.15) is 0 Å². The summed E-state index contributed by atoms with van der Waals surface area (Å²) in [5.74, 6) is -0.429. The lowest BCUT2D eigenvalue weighted by Crippen LogP contribution is -2.21. The fourth-order valence-electron chi connectivity index (χ4n) is 1.21. The molecule has 4 N–H and O–H groups in total. The van der Waals surface area contributed by atoms with Crippen molar-refractivity contribution in [3.05, 3.63) is 12.0 Å². The van der Waals surface area contributed by atoms with Crippen LogP contribution in [0.25, 0.3) is 0 Å². The van der Waals surface area contributed by atoms with E-state index in [1.165, 1.54) is 0 Å². The summed E-state index contributed by atoms with van der Waals surface area (Å²) in [6, 6.07) is -0.0150. The number of hydrogen-bond acceptors (Lipinski definition) is 5. The van der Waals surface area contributed by atoms with Gasteiger partial charge in [0, 0.05) is 12.6 Å². The first-order valence-corrected chi connectivity index (χ1v) is 4.82. The molecule has 6 heteroatoms. The number of nitrogens with zero attached hydrogens (tertiary/aromatic N) is 2. The third-order valence-corrected chi connectivity index (χ3v) is 2.07. The van der Waals surface area contributed by atoms with Gasteiger partial charge in [-0.05, 0) is 12.8 Å². The minimum atomic E-state index is -0.541. The molecule has 1 unspecified atom stereocenters. The van der Waals surface area contributed by atoms with Crippen LogP contribution in [0.2, 0.25) is 0 Å². The Balaban J connectivity index is 2.73. The van der Waals surface area contributed by atoms with E-state index in [4.69, 9.17) is 10.8 Å². The van der Waals surface area contributed by atoms with Crippen molar-refractivity contribution in [2.75, 3.05) is 17.7 Å². The Labute approximate surface area is 87.5 Å². The van der Waals surface area contributed by atoms with Crippen molar-refractivity contribution in [2.24, 2.45) is 0 Å². The molecule has 0 amide bonds. The van der Waals surface area contributed by atoms with Gasteiger partial charge in [-0.1, -0.05) is 6.92 Å². The summed E-state index contributed by atoms with van der Waals surface area (Å²) in [7, 11) is 0. The number of nitrogens with two attached hydrogens (primary N) is 1. The highest BCUT2D eigenvalue weighted by molar-refractivity contribution is 5.39. The summed E-state index contributed by atoms with van der Waals surface area (Å²) in [6.45, 7) is 1.99. The van der Waals surface area contributed by atoms with Gasteiger partial charge in [0.05, 0.1) is 6.20 Å². The summed E-state index contributed by atoms with van der Waals surface area (Å²) >= 11 is 0. The smallest absolute Gasteiger partial charge is 0.222 e. The van der Waals surface area contributed by atoms with Crippen LogP contribution < -0.4 is 11.1 Å². The molecule has 15 heavy (non-hydrogen) atoms. The SMILES string of the molecule is CCC(CCO)Nc1nc(N)ncc1F. The molecule has 0 fully saturated rings. The summed E-state index contributed by atoms with van der Waals surface area (Å²) in [4.78, 5) is 7.26. The van der Waals surface area contributed by atoms with Gasteiger partial charge >= 0.3 is 0 Å². The largest absolute Gasteiger partial charge is 0.396 e. The zero-order valence-electron chi connectivity index (χ0n) is 8.57. The molecule has 84 valence electrons. The highest BCUT2D eigenvalue weighted by atomic mass is 19.1. The van der Waals surface area contributed by atoms with Gasteiger partial charge in [0.2, 0.25) is 5.95 Å². The summed E-state index contributed by atoms with van der Waals surface area (Å²) in [6.07, 6.45) is 2.33. The first kappa shape index (κ1) is 11.6. The van der Waals surface area contributed by atoms with Crippen molar-refractivity contribution in [1.82, 2.24) is 9.97 Å². The highest BCUT2D eigenvalue weighted by Gasteiger charge is 2.10. The van der Waals surface area contributed by atoms with E-state index in [0.29, 0.717) is 6.42 Å². The van der Waals surface area contributed by atoms with Crippen molar-refractivity contribution in [1.29, 1.82) is 0 Å². The van der Waals surface area contributed by atoms with Crippen LogP contribution in [0.15, 0.2) is 6.20 Å². The van der Waals surface area contributed by atoms with Gasteiger partial charge in [-0.15, -0.1) is 0 Å². The van der Waals surface area contributed by atoms with Crippen LogP contribution in [0.5, 0.6) is 0 Å². The lowest BCUT2D eigenvalue weighted by molar-refractivity contribution is 0.278. The lowest BCUT2D eigenvalue weighted by atomic mass is 10.1. The number of hydrogen-bond donors (Lipinski definition) is 3. The Morgan fingerprint density at radius 3 is 3.00 bits per heavy atom. The Hall–Kier alpha value is -1.43. The van der Waals surface area contributed by atoms with E-state index in [1.54, 1.807) is 0 Å². The standard InChI is InChI=1S/C9H15FN4O/c1-2-6(3-4-15)13-8-7(10)5-12-9(11)14-8/h5-6,15H,2-4H2,1H3,(H3,11,12,13,14). The number of anilines is 2. The van der Waals surface area contributed by atoms with E-state index >= 15 is 0 Å². The minimum absolute atomic E-state index is 0.0150. The number of nitrogens with one attached hydrogen (secondary N) is 1. The van der Waals surface area contributed by atoms with Crippen LogP contribution in [0, 0.1) is 5.82 Å². The van der Waals surface area contributed by atoms with Crippen molar-refractivity contribution in [3.8, 4) is 0 Å². The maximum absolute atomic E-state index is 13.2. The Kier molecular flexibility index (Phi) is 4.23. The first-order chi connectivity index (χ1) is 7.17. The monoisotopic (exact) mass is 214 g/mol. The predicted octanol–water partition coefficient (Wildman–Crippen LogP) is 0.771. The highest BCUT2D eigenvalue weighted by Crippen LogP contribution is 2.13. The fourth-order valence-corrected chi connectivity index (χ4v) is 1.21. The number of aromatic nitrogens is 2. The molecule has 5 nitrogen and oxygen atoms in total. The number of aliphatic hydroxyl groups is 1. The molecule has 0 radical (unpaired) electrons. The fraction of sp³-hybridized carbons (Fsp3) is 0.556. The summed E-state index contributed by atoms with van der Waals surface area (Å²) in [5.41, 5.74) is 5.34. The third kappa shape index (κ3) is 3.32. The molecule has 0 aliphatic heterocycles. The maximum Gasteiger partial charge on any atom is 0.222 e. The lowest BCUT2D eigenvalue weighted by Gasteiger charge is -2.16. The van der Waals surface area contributed by atoms with Gasteiger partial charge in [0.15, 0.2) is 11.6 Å². The topological polar surface area (TPSA) is 84.1 Å². The molecule has 1 atom stereocenters. The van der Waals surface area contributed by atoms with E-state index in [0.717, 1.165) is 12.6 Å². The van der Waals surface area contributed by atoms with Gasteiger partial charge in [-0.3, -0.25) is 0 Å². The zero-order chi connectivity index (χ0) is 11.3. The van der Waals surface area contributed by atoms with Gasteiger partial charge in [0.25, 0.3) is 0 Å². The molecule has 0 saturated heterocycles. The summed E-state index contributed by atoms with van der Waals surface area (Å²) < 4.78 is 13.2. The number of rotatable bonds is 5. The van der Waals surface area contributed by atoms with E-state index in [9.17, 15) is 4.39 Å². The number of nitrogen functional groups attached to an aromatic ring is 1. The van der Waals surface area contributed by atoms with Crippen LogP contribution >= 0.6 is 0 Å². The summed E-state index contributed by atoms with van der Waals surface area (Å²) in [5, 5.41) is 11.7. The molecule has 1 rings (SSSR count). The average Bonchev–Trinajstić information content (AvgIpc) is 2.22. The average molecular weight is 214 g/mol. The van der Waals surface area contributed by atoms with Gasteiger partial charge in [-0.2, -0.15) is 4.98 Å². The van der Waals surface area contributed by atoms with Crippen molar-refractivity contribution < 1.29 is 9.50 Å². The molecular weight excluding hydrogens is 199 g/mol. The van der Waals surface area contributed by atoms with E-state index in [2.05, 4.69) is 15.3 Å². The van der Waals surface area contributed by atoms with Crippen LogP contribution in [0.4, 0.5) is 16.2 Å². The molecular formula is C9H15FN4O. The quantitative estimate of drug-likeness (QED) is 0.674. The molecule has 0 bridgehead atoms. The van der Waals surface area contributed by atoms with Crippen molar-refractivity contribution in [2.45, 2.75) is 25.8 Å². The second-order valence-corrected chi connectivity index (χ2v) is 3.19. The molecule has 0 saturated carbocycles. The van der Waals surface area contributed by atoms with Crippen LogP contribution in [-0.2, 0) is 0 Å². The van der Waals surface area contributed by atoms with Crippen LogP contribution in [0.1, 0.15) is 19.8 Å². The van der Waals surface area contributed by atoms with Crippen molar-refractivity contribution in [3.63, 3.8) is 0 Å². The second-order valence-electron chi connectivity index (χ2n) is 3.19.